The molecule has 0 spiro atoms. The van der Waals surface area contributed by atoms with Crippen LogP contribution in [0.1, 0.15) is 44.7 Å². The van der Waals surface area contributed by atoms with Crippen molar-refractivity contribution >= 4 is 23.9 Å². The predicted molar refractivity (Wildman–Crippen MR) is 109 cm³/mol. The fraction of sp³-hybridized carbons (Fsp3) is 0.304. The maximum absolute atomic E-state index is 12.6. The van der Waals surface area contributed by atoms with Crippen LogP contribution >= 0.6 is 0 Å². The molecule has 1 aliphatic heterocycles. The molecule has 14 heteroatoms. The molecule has 0 saturated carbocycles. The number of hydrogen-bond donors (Lipinski definition) is 2. The molecule has 188 valence electrons. The fourth-order valence-electron chi connectivity index (χ4n) is 3.57. The van der Waals surface area contributed by atoms with Crippen molar-refractivity contribution in [3.8, 4) is 0 Å². The Labute approximate surface area is 294 Å². The molecule has 9 nitrogen and oxygen atoms in total. The molecule has 0 aromatic heterocycles. The van der Waals surface area contributed by atoms with Crippen LogP contribution in [0.25, 0.3) is 0 Å². The first-order chi connectivity index (χ1) is 16.3. The van der Waals surface area contributed by atoms with Gasteiger partial charge in [-0.05, 0) is 55.2 Å². The number of aliphatic hydroxyl groups excluding tert-OH is 1. The van der Waals surface area contributed by atoms with Crippen LogP contribution in [-0.4, -0.2) is 51.7 Å². The van der Waals surface area contributed by atoms with Crippen LogP contribution in [0.2, 0.25) is 0 Å². The van der Waals surface area contributed by atoms with Gasteiger partial charge in [-0.25, -0.2) is 0 Å². The van der Waals surface area contributed by atoms with Crippen LogP contribution in [0.5, 0.6) is 0 Å². The standard InChI is InChI=1S/C22H20F3NO5.CH2O3.2K/c23-22(24,25)14-8-5-13(6-9-14)7-10-18(27)17(21(30)31)11-12-26-19(28)15-3-1-2-4-16(15)20(26)29;2-1(3)4;;/h1-6,8-9,17-18,27H,7,10-12H2,(H,30,31);(H2,2,3,4);;/q;;2*+1/p-2/t17-,18+;;;/m0.../s1. The maximum atomic E-state index is 12.6. The first kappa shape index (κ1) is 36.3. The molecule has 3 rings (SSSR count). The Morgan fingerprint density at radius 1 is 0.892 bits per heavy atom. The first-order valence-corrected chi connectivity index (χ1v) is 10.2. The van der Waals surface area contributed by atoms with Crippen LogP contribution in [-0.2, 0) is 17.4 Å². The summed E-state index contributed by atoms with van der Waals surface area (Å²) in [6.07, 6.45) is -8.04. The van der Waals surface area contributed by atoms with E-state index in [4.69, 9.17) is 15.0 Å². The van der Waals surface area contributed by atoms with E-state index in [-0.39, 0.29) is 140 Å². The summed E-state index contributed by atoms with van der Waals surface area (Å²) < 4.78 is 37.9. The Morgan fingerprint density at radius 2 is 1.35 bits per heavy atom. The normalized spacial score (nSPS) is 13.8. The summed E-state index contributed by atoms with van der Waals surface area (Å²) in [6.45, 7) is -0.166. The van der Waals surface area contributed by atoms with Crippen LogP contribution in [0.3, 0.4) is 0 Å². The van der Waals surface area contributed by atoms with Gasteiger partial charge >= 0.3 is 115 Å². The molecule has 2 N–H and O–H groups in total. The number of rotatable bonds is 8. The molecule has 1 aliphatic rings. The predicted octanol–water partition coefficient (Wildman–Crippen LogP) is -5.05. The zero-order valence-corrected chi connectivity index (χ0v) is 26.3. The molecule has 0 radical (unpaired) electrons. The molecule has 0 unspecified atom stereocenters. The zero-order chi connectivity index (χ0) is 26.3. The van der Waals surface area contributed by atoms with E-state index in [2.05, 4.69) is 0 Å². The Balaban J connectivity index is 0.00000201. The van der Waals surface area contributed by atoms with Crippen LogP contribution < -0.4 is 113 Å². The summed E-state index contributed by atoms with van der Waals surface area (Å²) in [5.74, 6) is -3.54. The van der Waals surface area contributed by atoms with Crippen LogP contribution in [0.15, 0.2) is 48.5 Å². The number of carbonyl (C=O) groups is 4. The van der Waals surface area contributed by atoms with Gasteiger partial charge in [0.25, 0.3) is 11.8 Å². The van der Waals surface area contributed by atoms with E-state index in [9.17, 15) is 37.8 Å². The van der Waals surface area contributed by atoms with Crippen molar-refractivity contribution in [2.24, 2.45) is 5.92 Å². The number of halogens is 3. The number of amides is 2. The Morgan fingerprint density at radius 3 is 1.76 bits per heavy atom. The Hall–Kier alpha value is -0.657. The van der Waals surface area contributed by atoms with Gasteiger partial charge in [-0.1, -0.05) is 24.3 Å². The average molecular weight is 574 g/mol. The molecule has 1 heterocycles. The molecule has 2 amide bonds. The monoisotopic (exact) mass is 573 g/mol. The number of benzene rings is 2. The number of carbonyl (C=O) groups excluding carboxylic acids is 3. The van der Waals surface area contributed by atoms with Gasteiger partial charge in [-0.15, -0.1) is 0 Å². The van der Waals surface area contributed by atoms with Crippen molar-refractivity contribution in [1.29, 1.82) is 0 Å². The summed E-state index contributed by atoms with van der Waals surface area (Å²) >= 11 is 0. The van der Waals surface area contributed by atoms with E-state index in [0.717, 1.165) is 17.0 Å². The van der Waals surface area contributed by atoms with Crippen molar-refractivity contribution in [3.63, 3.8) is 0 Å². The van der Waals surface area contributed by atoms with Crippen molar-refractivity contribution < 1.29 is 156 Å². The molecular weight excluding hydrogens is 553 g/mol. The third-order valence-electron chi connectivity index (χ3n) is 5.33. The number of fused-ring (bicyclic) bond motifs is 1. The van der Waals surface area contributed by atoms with Crippen molar-refractivity contribution in [1.82, 2.24) is 4.90 Å². The van der Waals surface area contributed by atoms with Gasteiger partial charge in [0.2, 0.25) is 0 Å². The number of alkyl halides is 3. The molecule has 2 aromatic carbocycles. The van der Waals surface area contributed by atoms with Crippen molar-refractivity contribution in [2.45, 2.75) is 31.5 Å². The number of carboxylic acid groups (broad SMARTS) is 3. The smallest absolute Gasteiger partial charge is 0.652 e. The molecule has 0 fully saturated rings. The molecule has 0 saturated heterocycles. The molecule has 0 bridgehead atoms. The number of nitrogens with zero attached hydrogens (tertiary/aromatic N) is 1. The van der Waals surface area contributed by atoms with Crippen molar-refractivity contribution in [2.75, 3.05) is 6.54 Å². The minimum atomic E-state index is -4.45. The average Bonchev–Trinajstić information content (AvgIpc) is 3.02. The quantitative estimate of drug-likeness (QED) is 0.235. The van der Waals surface area contributed by atoms with E-state index in [1.54, 1.807) is 12.1 Å². The minimum Gasteiger partial charge on any atom is -0.652 e. The van der Waals surface area contributed by atoms with E-state index < -0.39 is 47.7 Å². The second kappa shape index (κ2) is 16.4. The van der Waals surface area contributed by atoms with Gasteiger partial charge in [0, 0.05) is 6.54 Å². The number of aliphatic carboxylic acids is 1. The second-order valence-corrected chi connectivity index (χ2v) is 7.59. The number of aliphatic hydroxyl groups is 1. The third kappa shape index (κ3) is 10.8. The van der Waals surface area contributed by atoms with Gasteiger partial charge in [0.15, 0.2) is 0 Å². The van der Waals surface area contributed by atoms with Crippen molar-refractivity contribution in [3.05, 3.63) is 70.8 Å². The molecule has 2 aromatic rings. The zero-order valence-electron chi connectivity index (χ0n) is 20.0. The van der Waals surface area contributed by atoms with Gasteiger partial charge in [-0.2, -0.15) is 13.2 Å². The number of imide groups is 1. The molecule has 37 heavy (non-hydrogen) atoms. The van der Waals surface area contributed by atoms with Gasteiger partial charge in [-0.3, -0.25) is 19.3 Å². The molecule has 2 atom stereocenters. The van der Waals surface area contributed by atoms with E-state index >= 15 is 0 Å². The van der Waals surface area contributed by atoms with Crippen LogP contribution in [0, 0.1) is 5.92 Å². The van der Waals surface area contributed by atoms with E-state index in [1.807, 2.05) is 0 Å². The van der Waals surface area contributed by atoms with Gasteiger partial charge in [0.1, 0.15) is 0 Å². The summed E-state index contributed by atoms with van der Waals surface area (Å²) in [7, 11) is 0. The third-order valence-corrected chi connectivity index (χ3v) is 5.33. The summed E-state index contributed by atoms with van der Waals surface area (Å²) in [5, 5.41) is 36.5. The van der Waals surface area contributed by atoms with Gasteiger partial charge < -0.3 is 25.2 Å². The van der Waals surface area contributed by atoms with E-state index in [0.29, 0.717) is 5.56 Å². The minimum absolute atomic E-state index is 0. The number of carboxylic acids is 1. The summed E-state index contributed by atoms with van der Waals surface area (Å²) in [5.41, 5.74) is 0.238. The fourth-order valence-corrected chi connectivity index (χ4v) is 3.57. The molecule has 0 aliphatic carbocycles. The SMILES string of the molecule is O=C(O)[C@@H](CCN1C(=O)c2ccccc2C1=O)[C@H](O)CCc1ccc(C(F)(F)F)cc1.O=C([O-])[O-].[K+].[K+]. The summed E-state index contributed by atoms with van der Waals surface area (Å²) in [4.78, 5) is 45.7. The number of hydrogen-bond acceptors (Lipinski definition) is 7. The van der Waals surface area contributed by atoms with E-state index in [1.165, 1.54) is 24.3 Å². The topological polar surface area (TPSA) is 158 Å². The van der Waals surface area contributed by atoms with Crippen LogP contribution in [0.4, 0.5) is 18.0 Å². The Bertz CT molecular complexity index is 1060. The number of aryl methyl sites for hydroxylation is 1. The molecular formula is C23H20F3K2NO8. The first-order valence-electron chi connectivity index (χ1n) is 10.2. The van der Waals surface area contributed by atoms with Gasteiger partial charge in [0.05, 0.1) is 28.7 Å². The Kier molecular flexibility index (Phi) is 16.2. The second-order valence-electron chi connectivity index (χ2n) is 7.59. The maximum Gasteiger partial charge on any atom is 1.00 e. The largest absolute Gasteiger partial charge is 1.00 e. The summed E-state index contributed by atoms with van der Waals surface area (Å²) in [6, 6.07) is 10.7.